The van der Waals surface area contributed by atoms with Crippen LogP contribution in [0.2, 0.25) is 0 Å². The summed E-state index contributed by atoms with van der Waals surface area (Å²) in [7, 11) is 0. The van der Waals surface area contributed by atoms with Crippen LogP contribution in [-0.2, 0) is 12.8 Å². The van der Waals surface area contributed by atoms with E-state index in [1.54, 1.807) is 0 Å². The van der Waals surface area contributed by atoms with Crippen LogP contribution in [0.4, 0.5) is 5.88 Å². The first kappa shape index (κ1) is 13.4. The Kier molecular flexibility index (Phi) is 3.73. The number of benzene rings is 2. The molecule has 3 heteroatoms. The molecule has 0 unspecified atom stereocenters. The molecule has 106 valence electrons. The smallest absolute Gasteiger partial charge is 0.230 e. The molecule has 0 aliphatic heterocycles. The summed E-state index contributed by atoms with van der Waals surface area (Å²) in [6.45, 7) is 2.13. The van der Waals surface area contributed by atoms with E-state index in [0.29, 0.717) is 5.88 Å². The van der Waals surface area contributed by atoms with Gasteiger partial charge in [0.25, 0.3) is 0 Å². The first-order chi connectivity index (χ1) is 10.3. The van der Waals surface area contributed by atoms with Crippen LogP contribution in [0.25, 0.3) is 11.1 Å². The molecule has 2 N–H and O–H groups in total. The van der Waals surface area contributed by atoms with Crippen molar-refractivity contribution < 1.29 is 4.52 Å². The number of aryl methyl sites for hydroxylation is 3. The van der Waals surface area contributed by atoms with Gasteiger partial charge in [0.15, 0.2) is 0 Å². The number of hydrogen-bond donors (Lipinski definition) is 1. The normalized spacial score (nSPS) is 10.7. The van der Waals surface area contributed by atoms with E-state index in [-0.39, 0.29) is 0 Å². The van der Waals surface area contributed by atoms with Crippen molar-refractivity contribution in [1.29, 1.82) is 0 Å². The highest BCUT2D eigenvalue weighted by Crippen LogP contribution is 2.30. The zero-order valence-electron chi connectivity index (χ0n) is 12.0. The minimum Gasteiger partial charge on any atom is -0.367 e. The van der Waals surface area contributed by atoms with Gasteiger partial charge >= 0.3 is 0 Å². The number of anilines is 1. The van der Waals surface area contributed by atoms with Gasteiger partial charge in [0, 0.05) is 0 Å². The molecule has 1 aromatic heterocycles. The Morgan fingerprint density at radius 3 is 2.43 bits per heavy atom. The number of aromatic nitrogens is 1. The lowest BCUT2D eigenvalue weighted by atomic mass is 9.99. The molecule has 2 aromatic carbocycles. The van der Waals surface area contributed by atoms with Crippen molar-refractivity contribution in [2.24, 2.45) is 0 Å². The number of hydrogen-bond acceptors (Lipinski definition) is 3. The van der Waals surface area contributed by atoms with Gasteiger partial charge in [-0.3, -0.25) is 0 Å². The minimum atomic E-state index is 0.390. The van der Waals surface area contributed by atoms with Crippen LogP contribution >= 0.6 is 0 Å². The quantitative estimate of drug-likeness (QED) is 0.784. The van der Waals surface area contributed by atoms with Crippen molar-refractivity contribution in [3.05, 3.63) is 71.4 Å². The maximum Gasteiger partial charge on any atom is 0.230 e. The molecule has 0 aliphatic carbocycles. The van der Waals surface area contributed by atoms with Gasteiger partial charge in [-0.1, -0.05) is 59.8 Å². The standard InChI is InChI=1S/C18H18N2O/c1-13-7-5-6-8-14(13)11-12-16-17(18(19)21-20-16)15-9-3-2-4-10-15/h2-10H,11-12,19H2,1H3. The van der Waals surface area contributed by atoms with E-state index in [9.17, 15) is 0 Å². The van der Waals surface area contributed by atoms with Gasteiger partial charge < -0.3 is 10.3 Å². The number of nitrogen functional groups attached to an aromatic ring is 1. The molecule has 0 radical (unpaired) electrons. The van der Waals surface area contributed by atoms with Crippen molar-refractivity contribution in [2.45, 2.75) is 19.8 Å². The van der Waals surface area contributed by atoms with Crippen molar-refractivity contribution in [1.82, 2.24) is 5.16 Å². The van der Waals surface area contributed by atoms with Gasteiger partial charge in [0.1, 0.15) is 0 Å². The first-order valence-corrected chi connectivity index (χ1v) is 7.09. The predicted octanol–water partition coefficient (Wildman–Crippen LogP) is 4.02. The molecule has 0 amide bonds. The van der Waals surface area contributed by atoms with E-state index in [1.165, 1.54) is 11.1 Å². The highest BCUT2D eigenvalue weighted by molar-refractivity contribution is 5.74. The second-order valence-electron chi connectivity index (χ2n) is 5.16. The molecule has 0 atom stereocenters. The van der Waals surface area contributed by atoms with Gasteiger partial charge in [-0.25, -0.2) is 0 Å². The molecule has 0 aliphatic rings. The van der Waals surface area contributed by atoms with Crippen molar-refractivity contribution >= 4 is 5.88 Å². The molecule has 21 heavy (non-hydrogen) atoms. The van der Waals surface area contributed by atoms with Crippen molar-refractivity contribution in [2.75, 3.05) is 5.73 Å². The predicted molar refractivity (Wildman–Crippen MR) is 84.9 cm³/mol. The van der Waals surface area contributed by atoms with E-state index in [4.69, 9.17) is 10.3 Å². The molecule has 0 bridgehead atoms. The van der Waals surface area contributed by atoms with Crippen LogP contribution in [-0.4, -0.2) is 5.16 Å². The Bertz CT molecular complexity index is 732. The van der Waals surface area contributed by atoms with E-state index in [2.05, 4.69) is 36.3 Å². The van der Waals surface area contributed by atoms with Crippen LogP contribution in [0.5, 0.6) is 0 Å². The lowest BCUT2D eigenvalue weighted by Gasteiger charge is -2.05. The molecule has 0 spiro atoms. The first-order valence-electron chi connectivity index (χ1n) is 7.09. The number of nitrogens with two attached hydrogens (primary N) is 1. The number of nitrogens with zero attached hydrogens (tertiary/aromatic N) is 1. The average molecular weight is 278 g/mol. The lowest BCUT2D eigenvalue weighted by Crippen LogP contribution is -1.96. The fourth-order valence-electron chi connectivity index (χ4n) is 2.57. The van der Waals surface area contributed by atoms with E-state index >= 15 is 0 Å². The Balaban J connectivity index is 1.86. The van der Waals surface area contributed by atoms with Crippen LogP contribution in [0.3, 0.4) is 0 Å². The third-order valence-corrected chi connectivity index (χ3v) is 3.74. The summed E-state index contributed by atoms with van der Waals surface area (Å²) in [6, 6.07) is 18.4. The molecule has 0 saturated carbocycles. The molecule has 0 saturated heterocycles. The van der Waals surface area contributed by atoms with E-state index in [1.807, 2.05) is 30.3 Å². The third-order valence-electron chi connectivity index (χ3n) is 3.74. The Hall–Kier alpha value is -2.55. The van der Waals surface area contributed by atoms with Gasteiger partial charge in [0.05, 0.1) is 11.3 Å². The minimum absolute atomic E-state index is 0.390. The van der Waals surface area contributed by atoms with Gasteiger partial charge in [-0.15, -0.1) is 0 Å². The van der Waals surface area contributed by atoms with Crippen LogP contribution in [0.1, 0.15) is 16.8 Å². The highest BCUT2D eigenvalue weighted by Gasteiger charge is 2.15. The zero-order valence-corrected chi connectivity index (χ0v) is 12.0. The molecule has 0 fully saturated rings. The highest BCUT2D eigenvalue weighted by atomic mass is 16.5. The van der Waals surface area contributed by atoms with Crippen molar-refractivity contribution in [3.63, 3.8) is 0 Å². The van der Waals surface area contributed by atoms with Crippen molar-refractivity contribution in [3.8, 4) is 11.1 Å². The summed E-state index contributed by atoms with van der Waals surface area (Å²) in [5.41, 5.74) is 11.5. The third kappa shape index (κ3) is 2.82. The summed E-state index contributed by atoms with van der Waals surface area (Å²) in [5, 5.41) is 4.14. The number of rotatable bonds is 4. The Morgan fingerprint density at radius 2 is 1.67 bits per heavy atom. The monoisotopic (exact) mass is 278 g/mol. The molecular weight excluding hydrogens is 260 g/mol. The van der Waals surface area contributed by atoms with Gasteiger partial charge in [0.2, 0.25) is 5.88 Å². The van der Waals surface area contributed by atoms with Gasteiger partial charge in [-0.05, 0) is 36.5 Å². The van der Waals surface area contributed by atoms with E-state index in [0.717, 1.165) is 29.7 Å². The summed E-state index contributed by atoms with van der Waals surface area (Å²) in [4.78, 5) is 0. The second kappa shape index (κ2) is 5.83. The maximum absolute atomic E-state index is 5.94. The Labute approximate surface area is 124 Å². The molecule has 3 aromatic rings. The lowest BCUT2D eigenvalue weighted by molar-refractivity contribution is 0.427. The summed E-state index contributed by atoms with van der Waals surface area (Å²) in [5.74, 6) is 0.390. The van der Waals surface area contributed by atoms with Crippen LogP contribution in [0, 0.1) is 6.92 Å². The largest absolute Gasteiger partial charge is 0.367 e. The molecule has 3 rings (SSSR count). The second-order valence-corrected chi connectivity index (χ2v) is 5.16. The zero-order chi connectivity index (χ0) is 14.7. The fraction of sp³-hybridized carbons (Fsp3) is 0.167. The van der Waals surface area contributed by atoms with Gasteiger partial charge in [-0.2, -0.15) is 0 Å². The summed E-state index contributed by atoms with van der Waals surface area (Å²) >= 11 is 0. The summed E-state index contributed by atoms with van der Waals surface area (Å²) in [6.07, 6.45) is 1.74. The summed E-state index contributed by atoms with van der Waals surface area (Å²) < 4.78 is 5.20. The fourth-order valence-corrected chi connectivity index (χ4v) is 2.57. The SMILES string of the molecule is Cc1ccccc1CCc1noc(N)c1-c1ccccc1. The molecule has 1 heterocycles. The van der Waals surface area contributed by atoms with E-state index < -0.39 is 0 Å². The maximum atomic E-state index is 5.94. The van der Waals surface area contributed by atoms with Crippen LogP contribution < -0.4 is 5.73 Å². The molecule has 3 nitrogen and oxygen atoms in total. The topological polar surface area (TPSA) is 52.0 Å². The van der Waals surface area contributed by atoms with Crippen LogP contribution in [0.15, 0.2) is 59.1 Å². The average Bonchev–Trinajstić information content (AvgIpc) is 2.88. The molecular formula is C18H18N2O. The Morgan fingerprint density at radius 1 is 0.952 bits per heavy atom.